The Kier molecular flexibility index (Phi) is 9.51. The van der Waals surface area contributed by atoms with E-state index < -0.39 is 17.1 Å². The minimum absolute atomic E-state index is 0.149. The lowest BCUT2D eigenvalue weighted by atomic mass is 9.95. The van der Waals surface area contributed by atoms with Gasteiger partial charge in [-0.05, 0) is 71.4 Å². The van der Waals surface area contributed by atoms with Crippen molar-refractivity contribution >= 4 is 72.2 Å². The predicted molar refractivity (Wildman–Crippen MR) is 166 cm³/mol. The van der Waals surface area contributed by atoms with Gasteiger partial charge in [0.1, 0.15) is 16.7 Å². The minimum atomic E-state index is -0.491. The van der Waals surface area contributed by atoms with Crippen molar-refractivity contribution in [2.75, 3.05) is 18.5 Å². The molecule has 8 nitrogen and oxygen atoms in total. The van der Waals surface area contributed by atoms with Gasteiger partial charge >= 0.3 is 0 Å². The Balaban J connectivity index is 1.68. The summed E-state index contributed by atoms with van der Waals surface area (Å²) in [6.45, 7) is 7.56. The molecule has 0 unspecified atom stereocenters. The number of fused-ring (bicyclic) bond motifs is 1. The smallest absolute Gasteiger partial charge is 0.282 e. The van der Waals surface area contributed by atoms with E-state index in [1.165, 1.54) is 35.2 Å². The molecule has 214 valence electrons. The first-order valence-electron chi connectivity index (χ1n) is 12.5. The van der Waals surface area contributed by atoms with E-state index in [-0.39, 0.29) is 28.7 Å². The molecule has 0 radical (unpaired) electrons. The SMILES string of the molecule is CCOc1cc(C=Nn2c(C(C)(C)C)nc3ccc(Br)cc3c2=O)c(Br)c(Cl)c1OCC(=O)Nc1ccc(F)cc1. The molecule has 4 aromatic rings. The Bertz CT molecular complexity index is 1700. The molecular weight excluding hydrogens is 683 g/mol. The number of anilines is 1. The average Bonchev–Trinajstić information content (AvgIpc) is 2.91. The largest absolute Gasteiger partial charge is 0.490 e. The number of amides is 1. The Morgan fingerprint density at radius 2 is 1.85 bits per heavy atom. The van der Waals surface area contributed by atoms with Crippen LogP contribution >= 0.6 is 43.5 Å². The highest BCUT2D eigenvalue weighted by molar-refractivity contribution is 9.10. The second kappa shape index (κ2) is 12.7. The maximum atomic E-state index is 13.5. The number of ether oxygens (including phenoxy) is 2. The number of carbonyl (C=O) groups excluding carboxylic acids is 1. The summed E-state index contributed by atoms with van der Waals surface area (Å²) in [5.74, 6) is 0.0249. The average molecular weight is 709 g/mol. The third-order valence-corrected chi connectivity index (χ3v) is 7.66. The van der Waals surface area contributed by atoms with Crippen molar-refractivity contribution in [3.63, 3.8) is 0 Å². The summed E-state index contributed by atoms with van der Waals surface area (Å²) < 4.78 is 27.1. The van der Waals surface area contributed by atoms with Crippen LogP contribution in [0.3, 0.4) is 0 Å². The highest BCUT2D eigenvalue weighted by atomic mass is 79.9. The molecule has 0 aliphatic rings. The van der Waals surface area contributed by atoms with E-state index in [9.17, 15) is 14.0 Å². The molecule has 1 heterocycles. The maximum absolute atomic E-state index is 13.5. The zero-order valence-electron chi connectivity index (χ0n) is 22.6. The van der Waals surface area contributed by atoms with Gasteiger partial charge in [0.05, 0.1) is 23.7 Å². The van der Waals surface area contributed by atoms with Gasteiger partial charge in [-0.1, -0.05) is 48.3 Å². The number of halogens is 4. The first-order valence-corrected chi connectivity index (χ1v) is 14.5. The number of carbonyl (C=O) groups is 1. The Labute approximate surface area is 257 Å². The fraction of sp³-hybridized carbons (Fsp3) is 0.241. The van der Waals surface area contributed by atoms with Crippen molar-refractivity contribution in [2.45, 2.75) is 33.1 Å². The number of aromatic nitrogens is 2. The standard InChI is InChI=1S/C29H26Br2ClFN4O4/c1-5-40-22-12-16(24(31)25(32)26(22)41-15-23(38)35-19-9-7-18(33)8-10-19)14-34-37-27(39)20-13-17(30)6-11-21(20)36-28(37)29(2,3)4/h6-14H,5,15H2,1-4H3,(H,35,38). The van der Waals surface area contributed by atoms with Crippen LogP contribution in [0, 0.1) is 5.82 Å². The third kappa shape index (κ3) is 7.14. The van der Waals surface area contributed by atoms with E-state index in [1.54, 1.807) is 25.1 Å². The monoisotopic (exact) mass is 706 g/mol. The summed E-state index contributed by atoms with van der Waals surface area (Å²) in [6.07, 6.45) is 1.48. The Hall–Kier alpha value is -3.28. The van der Waals surface area contributed by atoms with Gasteiger partial charge in [-0.2, -0.15) is 9.78 Å². The summed E-state index contributed by atoms with van der Waals surface area (Å²) in [4.78, 5) is 30.7. The number of nitrogens with one attached hydrogen (secondary N) is 1. The van der Waals surface area contributed by atoms with E-state index in [4.69, 9.17) is 26.1 Å². The van der Waals surface area contributed by atoms with Gasteiger partial charge in [-0.25, -0.2) is 9.37 Å². The van der Waals surface area contributed by atoms with Gasteiger partial charge in [0.15, 0.2) is 18.1 Å². The molecule has 0 atom stereocenters. The van der Waals surface area contributed by atoms with Crippen LogP contribution in [0.2, 0.25) is 5.02 Å². The van der Waals surface area contributed by atoms with Gasteiger partial charge in [0.2, 0.25) is 0 Å². The summed E-state index contributed by atoms with van der Waals surface area (Å²) >= 11 is 13.5. The second-order valence-electron chi connectivity index (χ2n) is 9.91. The summed E-state index contributed by atoms with van der Waals surface area (Å²) in [5, 5.41) is 7.70. The molecule has 0 spiro atoms. The van der Waals surface area contributed by atoms with Crippen LogP contribution < -0.4 is 20.3 Å². The van der Waals surface area contributed by atoms with Crippen molar-refractivity contribution in [1.82, 2.24) is 9.66 Å². The van der Waals surface area contributed by atoms with Crippen LogP contribution in [-0.2, 0) is 10.2 Å². The molecular formula is C29H26Br2ClFN4O4. The van der Waals surface area contributed by atoms with Crippen LogP contribution in [-0.4, -0.2) is 35.0 Å². The molecule has 1 N–H and O–H groups in total. The van der Waals surface area contributed by atoms with Gasteiger partial charge in [0.25, 0.3) is 11.5 Å². The van der Waals surface area contributed by atoms with Crippen LogP contribution in [0.5, 0.6) is 11.5 Å². The van der Waals surface area contributed by atoms with Crippen LogP contribution in [0.25, 0.3) is 10.9 Å². The minimum Gasteiger partial charge on any atom is -0.490 e. The molecule has 12 heteroatoms. The predicted octanol–water partition coefficient (Wildman–Crippen LogP) is 7.31. The zero-order valence-corrected chi connectivity index (χ0v) is 26.5. The fourth-order valence-electron chi connectivity index (χ4n) is 3.83. The number of rotatable bonds is 8. The van der Waals surface area contributed by atoms with Crippen molar-refractivity contribution < 1.29 is 18.7 Å². The van der Waals surface area contributed by atoms with Gasteiger partial charge in [-0.3, -0.25) is 9.59 Å². The zero-order chi connectivity index (χ0) is 29.9. The molecule has 0 bridgehead atoms. The number of hydrogen-bond acceptors (Lipinski definition) is 6. The molecule has 3 aromatic carbocycles. The van der Waals surface area contributed by atoms with Crippen LogP contribution in [0.4, 0.5) is 10.1 Å². The molecule has 0 aliphatic carbocycles. The lowest BCUT2D eigenvalue weighted by molar-refractivity contribution is -0.118. The lowest BCUT2D eigenvalue weighted by Gasteiger charge is -2.21. The van der Waals surface area contributed by atoms with Gasteiger partial charge in [-0.15, -0.1) is 0 Å². The maximum Gasteiger partial charge on any atom is 0.282 e. The van der Waals surface area contributed by atoms with Crippen LogP contribution in [0.1, 0.15) is 39.1 Å². The number of benzene rings is 3. The first kappa shape index (κ1) is 30.7. The highest BCUT2D eigenvalue weighted by Gasteiger charge is 2.24. The summed E-state index contributed by atoms with van der Waals surface area (Å²) in [7, 11) is 0. The van der Waals surface area contributed by atoms with Crippen molar-refractivity contribution in [3.05, 3.63) is 90.1 Å². The van der Waals surface area contributed by atoms with E-state index in [2.05, 4.69) is 42.3 Å². The molecule has 0 fully saturated rings. The van der Waals surface area contributed by atoms with Crippen molar-refractivity contribution in [2.24, 2.45) is 5.10 Å². The second-order valence-corrected chi connectivity index (χ2v) is 12.0. The molecule has 41 heavy (non-hydrogen) atoms. The highest BCUT2D eigenvalue weighted by Crippen LogP contribution is 2.42. The Morgan fingerprint density at radius 1 is 1.15 bits per heavy atom. The molecule has 0 saturated heterocycles. The van der Waals surface area contributed by atoms with Gasteiger partial charge < -0.3 is 14.8 Å². The summed E-state index contributed by atoms with van der Waals surface area (Å²) in [5.41, 5.74) is 0.682. The van der Waals surface area contributed by atoms with E-state index in [0.717, 1.165) is 4.47 Å². The van der Waals surface area contributed by atoms with Crippen molar-refractivity contribution in [1.29, 1.82) is 0 Å². The molecule has 4 rings (SSSR count). The van der Waals surface area contributed by atoms with E-state index >= 15 is 0 Å². The third-order valence-electron chi connectivity index (χ3n) is 5.72. The number of hydrogen-bond donors (Lipinski definition) is 1. The quantitative estimate of drug-likeness (QED) is 0.194. The number of nitrogens with zero attached hydrogens (tertiary/aromatic N) is 3. The topological polar surface area (TPSA) is 94.8 Å². The van der Waals surface area contributed by atoms with Crippen molar-refractivity contribution in [3.8, 4) is 11.5 Å². The van der Waals surface area contributed by atoms with E-state index in [0.29, 0.717) is 39.1 Å². The van der Waals surface area contributed by atoms with E-state index in [1.807, 2.05) is 26.8 Å². The normalized spacial score (nSPS) is 11.7. The lowest BCUT2D eigenvalue weighted by Crippen LogP contribution is -2.29. The Morgan fingerprint density at radius 3 is 2.51 bits per heavy atom. The molecule has 0 aliphatic heterocycles. The molecule has 0 saturated carbocycles. The molecule has 1 aromatic heterocycles. The summed E-state index contributed by atoms with van der Waals surface area (Å²) in [6, 6.07) is 12.3. The van der Waals surface area contributed by atoms with Crippen LogP contribution in [0.15, 0.2) is 67.4 Å². The molecule has 1 amide bonds. The first-order chi connectivity index (χ1) is 19.4. The fourth-order valence-corrected chi connectivity index (χ4v) is 4.84. The van der Waals surface area contributed by atoms with Gasteiger partial charge in [0, 0.05) is 25.6 Å².